The van der Waals surface area contributed by atoms with Crippen LogP contribution in [-0.4, -0.2) is 16.3 Å². The van der Waals surface area contributed by atoms with Gasteiger partial charge in [0.2, 0.25) is 0 Å². The second-order valence-electron chi connectivity index (χ2n) is 5.31. The highest BCUT2D eigenvalue weighted by Gasteiger charge is 2.11. The first kappa shape index (κ1) is 14.5. The third-order valence-electron chi connectivity index (χ3n) is 3.58. The van der Waals surface area contributed by atoms with E-state index in [1.54, 1.807) is 12.1 Å². The van der Waals surface area contributed by atoms with Gasteiger partial charge in [0, 0.05) is 12.0 Å². The zero-order chi connectivity index (χ0) is 15.5. The first-order valence-corrected chi connectivity index (χ1v) is 7.29. The fourth-order valence-corrected chi connectivity index (χ4v) is 2.41. The van der Waals surface area contributed by atoms with Crippen LogP contribution in [0.1, 0.15) is 11.3 Å². The van der Waals surface area contributed by atoms with E-state index in [9.17, 15) is 4.39 Å². The Morgan fingerprint density at radius 2 is 1.73 bits per heavy atom. The summed E-state index contributed by atoms with van der Waals surface area (Å²) in [7, 11) is 0. The van der Waals surface area contributed by atoms with Crippen LogP contribution >= 0.6 is 0 Å². The van der Waals surface area contributed by atoms with Crippen molar-refractivity contribution in [1.29, 1.82) is 0 Å². The van der Waals surface area contributed by atoms with Gasteiger partial charge in [0.15, 0.2) is 0 Å². The van der Waals surface area contributed by atoms with Crippen LogP contribution < -0.4 is 5.73 Å². The zero-order valence-electron chi connectivity index (χ0n) is 12.5. The molecule has 0 unspecified atom stereocenters. The molecule has 2 N–H and O–H groups in total. The molecule has 0 bridgehead atoms. The molecule has 3 nitrogen and oxygen atoms in total. The Morgan fingerprint density at radius 3 is 2.36 bits per heavy atom. The number of aryl methyl sites for hydroxylation is 1. The lowest BCUT2D eigenvalue weighted by molar-refractivity contribution is 0.627. The van der Waals surface area contributed by atoms with E-state index in [0.29, 0.717) is 13.0 Å². The summed E-state index contributed by atoms with van der Waals surface area (Å²) in [5, 5.41) is 4.61. The van der Waals surface area contributed by atoms with Gasteiger partial charge < -0.3 is 5.73 Å². The minimum Gasteiger partial charge on any atom is -0.330 e. The van der Waals surface area contributed by atoms with Crippen molar-refractivity contribution in [3.8, 4) is 16.9 Å². The predicted molar refractivity (Wildman–Crippen MR) is 86.5 cm³/mol. The van der Waals surface area contributed by atoms with Gasteiger partial charge in [-0.3, -0.25) is 0 Å². The van der Waals surface area contributed by atoms with Crippen molar-refractivity contribution >= 4 is 0 Å². The molecule has 3 rings (SSSR count). The molecular formula is C18H18FN3. The van der Waals surface area contributed by atoms with Crippen molar-refractivity contribution in [3.05, 3.63) is 71.7 Å². The molecule has 0 aliphatic rings. The number of hydrogen-bond donors (Lipinski definition) is 1. The highest BCUT2D eigenvalue weighted by molar-refractivity contribution is 5.63. The van der Waals surface area contributed by atoms with E-state index in [1.807, 2.05) is 10.7 Å². The molecule has 0 saturated heterocycles. The van der Waals surface area contributed by atoms with E-state index in [2.05, 4.69) is 36.3 Å². The van der Waals surface area contributed by atoms with E-state index in [4.69, 9.17) is 5.73 Å². The van der Waals surface area contributed by atoms with Crippen LogP contribution in [0.15, 0.2) is 54.6 Å². The standard InChI is InChI=1S/C18H18FN3/c1-13-2-4-14(5-3-13)18-12-16(10-11-20)21-22(18)17-8-6-15(19)7-9-17/h2-9,12H,10-11,20H2,1H3. The van der Waals surface area contributed by atoms with Crippen molar-refractivity contribution in [2.24, 2.45) is 5.73 Å². The minimum absolute atomic E-state index is 0.255. The van der Waals surface area contributed by atoms with Gasteiger partial charge in [0.05, 0.1) is 17.1 Å². The Morgan fingerprint density at radius 1 is 1.05 bits per heavy atom. The molecule has 0 aliphatic heterocycles. The van der Waals surface area contributed by atoms with Gasteiger partial charge in [-0.1, -0.05) is 29.8 Å². The summed E-state index contributed by atoms with van der Waals surface area (Å²) < 4.78 is 15.0. The van der Waals surface area contributed by atoms with Crippen LogP contribution in [0, 0.1) is 12.7 Å². The first-order valence-electron chi connectivity index (χ1n) is 7.29. The molecule has 3 aromatic rings. The second kappa shape index (κ2) is 6.12. The molecule has 2 aromatic carbocycles. The molecule has 4 heteroatoms. The molecular weight excluding hydrogens is 277 g/mol. The lowest BCUT2D eigenvalue weighted by atomic mass is 10.1. The summed E-state index contributed by atoms with van der Waals surface area (Å²) in [6.45, 7) is 2.61. The Labute approximate surface area is 129 Å². The lowest BCUT2D eigenvalue weighted by Gasteiger charge is -2.08. The molecule has 1 aromatic heterocycles. The van der Waals surface area contributed by atoms with Gasteiger partial charge in [-0.15, -0.1) is 0 Å². The third-order valence-corrected chi connectivity index (χ3v) is 3.58. The van der Waals surface area contributed by atoms with Crippen LogP contribution in [0.3, 0.4) is 0 Å². The van der Waals surface area contributed by atoms with Crippen molar-refractivity contribution in [2.75, 3.05) is 6.54 Å². The molecule has 0 aliphatic carbocycles. The number of rotatable bonds is 4. The average molecular weight is 295 g/mol. The molecule has 1 heterocycles. The van der Waals surface area contributed by atoms with Crippen molar-refractivity contribution in [2.45, 2.75) is 13.3 Å². The average Bonchev–Trinajstić information content (AvgIpc) is 2.93. The predicted octanol–water partition coefficient (Wildman–Crippen LogP) is 3.49. The SMILES string of the molecule is Cc1ccc(-c2cc(CCN)nn2-c2ccc(F)cc2)cc1. The summed E-state index contributed by atoms with van der Waals surface area (Å²) in [4.78, 5) is 0. The maximum Gasteiger partial charge on any atom is 0.123 e. The Bertz CT molecular complexity index is 695. The summed E-state index contributed by atoms with van der Waals surface area (Å²) >= 11 is 0. The van der Waals surface area contributed by atoms with Gasteiger partial charge in [0.25, 0.3) is 0 Å². The Hall–Kier alpha value is -2.46. The minimum atomic E-state index is -0.255. The molecule has 0 spiro atoms. The topological polar surface area (TPSA) is 43.8 Å². The summed E-state index contributed by atoms with van der Waals surface area (Å²) in [5.41, 5.74) is 10.7. The maximum atomic E-state index is 13.2. The van der Waals surface area contributed by atoms with Gasteiger partial charge >= 0.3 is 0 Å². The Balaban J connectivity index is 2.11. The van der Waals surface area contributed by atoms with E-state index < -0.39 is 0 Å². The molecule has 0 saturated carbocycles. The van der Waals surface area contributed by atoms with Crippen LogP contribution in [0.2, 0.25) is 0 Å². The normalized spacial score (nSPS) is 10.9. The number of nitrogens with two attached hydrogens (primary N) is 1. The number of halogens is 1. The van der Waals surface area contributed by atoms with Crippen LogP contribution in [0.25, 0.3) is 16.9 Å². The van der Waals surface area contributed by atoms with E-state index in [0.717, 1.165) is 22.6 Å². The largest absolute Gasteiger partial charge is 0.330 e. The number of nitrogens with zero attached hydrogens (tertiary/aromatic N) is 2. The quantitative estimate of drug-likeness (QED) is 0.800. The zero-order valence-corrected chi connectivity index (χ0v) is 12.5. The fourth-order valence-electron chi connectivity index (χ4n) is 2.41. The van der Waals surface area contributed by atoms with Gasteiger partial charge in [0.1, 0.15) is 5.82 Å². The first-order chi connectivity index (χ1) is 10.7. The molecule has 0 atom stereocenters. The summed E-state index contributed by atoms with van der Waals surface area (Å²) in [6, 6.07) is 16.7. The molecule has 0 radical (unpaired) electrons. The van der Waals surface area contributed by atoms with Gasteiger partial charge in [-0.25, -0.2) is 9.07 Å². The molecule has 112 valence electrons. The van der Waals surface area contributed by atoms with Crippen LogP contribution in [0.5, 0.6) is 0 Å². The molecule has 0 amide bonds. The van der Waals surface area contributed by atoms with Crippen LogP contribution in [-0.2, 0) is 6.42 Å². The smallest absolute Gasteiger partial charge is 0.123 e. The van der Waals surface area contributed by atoms with Crippen molar-refractivity contribution < 1.29 is 4.39 Å². The second-order valence-corrected chi connectivity index (χ2v) is 5.31. The molecule has 22 heavy (non-hydrogen) atoms. The van der Waals surface area contributed by atoms with E-state index in [1.165, 1.54) is 17.7 Å². The van der Waals surface area contributed by atoms with Crippen molar-refractivity contribution in [1.82, 2.24) is 9.78 Å². The van der Waals surface area contributed by atoms with Crippen molar-refractivity contribution in [3.63, 3.8) is 0 Å². The van der Waals surface area contributed by atoms with E-state index >= 15 is 0 Å². The van der Waals surface area contributed by atoms with E-state index in [-0.39, 0.29) is 5.82 Å². The molecule has 0 fully saturated rings. The van der Waals surface area contributed by atoms with Crippen LogP contribution in [0.4, 0.5) is 4.39 Å². The highest BCUT2D eigenvalue weighted by Crippen LogP contribution is 2.24. The highest BCUT2D eigenvalue weighted by atomic mass is 19.1. The number of benzene rings is 2. The Kier molecular flexibility index (Phi) is 4.02. The van der Waals surface area contributed by atoms with Gasteiger partial charge in [-0.2, -0.15) is 5.10 Å². The monoisotopic (exact) mass is 295 g/mol. The lowest BCUT2D eigenvalue weighted by Crippen LogP contribution is -2.04. The fraction of sp³-hybridized carbons (Fsp3) is 0.167. The van der Waals surface area contributed by atoms with Gasteiger partial charge in [-0.05, 0) is 43.8 Å². The maximum absolute atomic E-state index is 13.2. The summed E-state index contributed by atoms with van der Waals surface area (Å²) in [6.07, 6.45) is 0.715. The number of hydrogen-bond acceptors (Lipinski definition) is 2. The summed E-state index contributed by atoms with van der Waals surface area (Å²) in [5.74, 6) is -0.255. The third kappa shape index (κ3) is 2.92. The number of aromatic nitrogens is 2.